The summed E-state index contributed by atoms with van der Waals surface area (Å²) in [5, 5.41) is 12.2. The zero-order chi connectivity index (χ0) is 10.8. The van der Waals surface area contributed by atoms with Crippen molar-refractivity contribution in [1.29, 1.82) is 0 Å². The molecule has 0 unspecified atom stereocenters. The summed E-state index contributed by atoms with van der Waals surface area (Å²) in [7, 11) is 3.29. The third kappa shape index (κ3) is 1.92. The van der Waals surface area contributed by atoms with Crippen molar-refractivity contribution in [2.45, 2.75) is 0 Å². The van der Waals surface area contributed by atoms with Crippen LogP contribution in [0.25, 0.3) is 11.4 Å². The molecule has 0 amide bonds. The highest BCUT2D eigenvalue weighted by atomic mass is 35.5. The molecule has 2 rings (SSSR count). The van der Waals surface area contributed by atoms with E-state index >= 15 is 0 Å². The maximum atomic E-state index is 6.05. The van der Waals surface area contributed by atoms with Crippen molar-refractivity contribution >= 4 is 11.6 Å². The Balaban J connectivity index is 2.45. The number of methoxy groups -OCH3 is 1. The van der Waals surface area contributed by atoms with Gasteiger partial charge < -0.3 is 4.74 Å². The highest BCUT2D eigenvalue weighted by Crippen LogP contribution is 2.28. The maximum absolute atomic E-state index is 6.05. The lowest BCUT2D eigenvalue weighted by Gasteiger charge is -2.02. The summed E-state index contributed by atoms with van der Waals surface area (Å²) in [5.41, 5.74) is 0.741. The number of nitrogens with zero attached hydrogens (tertiary/aromatic N) is 4. The van der Waals surface area contributed by atoms with Gasteiger partial charge in [-0.2, -0.15) is 4.80 Å². The first-order valence-corrected chi connectivity index (χ1v) is 4.66. The van der Waals surface area contributed by atoms with E-state index in [9.17, 15) is 0 Å². The summed E-state index contributed by atoms with van der Waals surface area (Å²) >= 11 is 6.05. The summed E-state index contributed by atoms with van der Waals surface area (Å²) in [5.74, 6) is 1.21. The van der Waals surface area contributed by atoms with E-state index in [1.807, 2.05) is 0 Å². The standard InChI is InChI=1S/C9H9ClN4O/c1-14-12-9(11-13-14)7-4-3-6(15-2)5-8(7)10/h3-5H,1-2H3. The van der Waals surface area contributed by atoms with Gasteiger partial charge in [0.05, 0.1) is 19.2 Å². The molecule has 5 nitrogen and oxygen atoms in total. The Kier molecular flexibility index (Phi) is 2.55. The normalized spacial score (nSPS) is 10.3. The molecule has 0 aliphatic heterocycles. The second kappa shape index (κ2) is 3.86. The average molecular weight is 225 g/mol. The third-order valence-electron chi connectivity index (χ3n) is 1.93. The smallest absolute Gasteiger partial charge is 0.206 e. The lowest BCUT2D eigenvalue weighted by molar-refractivity contribution is 0.415. The van der Waals surface area contributed by atoms with E-state index in [0.29, 0.717) is 16.6 Å². The lowest BCUT2D eigenvalue weighted by atomic mass is 10.2. The Bertz CT molecular complexity index is 483. The van der Waals surface area contributed by atoms with Gasteiger partial charge in [0.2, 0.25) is 5.82 Å². The van der Waals surface area contributed by atoms with Crippen molar-refractivity contribution in [3.05, 3.63) is 23.2 Å². The molecular weight excluding hydrogens is 216 g/mol. The fraction of sp³-hybridized carbons (Fsp3) is 0.222. The molecule has 1 heterocycles. The second-order valence-corrected chi connectivity index (χ2v) is 3.36. The quantitative estimate of drug-likeness (QED) is 0.777. The zero-order valence-corrected chi connectivity index (χ0v) is 9.06. The molecule has 0 N–H and O–H groups in total. The van der Waals surface area contributed by atoms with Crippen LogP contribution in [0.4, 0.5) is 0 Å². The molecule has 0 bridgehead atoms. The molecule has 0 spiro atoms. The Morgan fingerprint density at radius 3 is 2.73 bits per heavy atom. The number of rotatable bonds is 2. The number of ether oxygens (including phenoxy) is 1. The molecule has 15 heavy (non-hydrogen) atoms. The first-order valence-electron chi connectivity index (χ1n) is 4.28. The van der Waals surface area contributed by atoms with Crippen LogP contribution in [0, 0.1) is 0 Å². The maximum Gasteiger partial charge on any atom is 0.206 e. The molecule has 0 atom stereocenters. The molecule has 0 aliphatic rings. The number of benzene rings is 1. The fourth-order valence-electron chi connectivity index (χ4n) is 1.20. The van der Waals surface area contributed by atoms with Gasteiger partial charge in [-0.05, 0) is 23.4 Å². The van der Waals surface area contributed by atoms with E-state index in [4.69, 9.17) is 16.3 Å². The van der Waals surface area contributed by atoms with Crippen LogP contribution in [-0.2, 0) is 7.05 Å². The Hall–Kier alpha value is -1.62. The van der Waals surface area contributed by atoms with E-state index < -0.39 is 0 Å². The van der Waals surface area contributed by atoms with Crippen LogP contribution in [0.2, 0.25) is 5.02 Å². The number of halogens is 1. The van der Waals surface area contributed by atoms with Crippen LogP contribution in [0.15, 0.2) is 18.2 Å². The predicted octanol–water partition coefficient (Wildman–Crippen LogP) is 1.54. The van der Waals surface area contributed by atoms with Crippen molar-refractivity contribution in [1.82, 2.24) is 20.2 Å². The van der Waals surface area contributed by atoms with Gasteiger partial charge in [-0.3, -0.25) is 0 Å². The highest BCUT2D eigenvalue weighted by Gasteiger charge is 2.09. The molecule has 0 saturated carbocycles. The minimum absolute atomic E-state index is 0.505. The van der Waals surface area contributed by atoms with Gasteiger partial charge in [0, 0.05) is 5.56 Å². The van der Waals surface area contributed by atoms with E-state index in [2.05, 4.69) is 15.4 Å². The van der Waals surface area contributed by atoms with Crippen molar-refractivity contribution in [2.75, 3.05) is 7.11 Å². The first-order chi connectivity index (χ1) is 7.20. The van der Waals surface area contributed by atoms with Crippen LogP contribution < -0.4 is 4.74 Å². The third-order valence-corrected chi connectivity index (χ3v) is 2.24. The van der Waals surface area contributed by atoms with Crippen LogP contribution in [0.5, 0.6) is 5.75 Å². The first kappa shape index (κ1) is 9.92. The van der Waals surface area contributed by atoms with E-state index in [1.54, 1.807) is 32.4 Å². The molecule has 1 aromatic carbocycles. The molecule has 0 aliphatic carbocycles. The number of hydrogen-bond acceptors (Lipinski definition) is 4. The second-order valence-electron chi connectivity index (χ2n) is 2.95. The van der Waals surface area contributed by atoms with E-state index in [1.165, 1.54) is 4.80 Å². The van der Waals surface area contributed by atoms with Crippen molar-refractivity contribution in [3.63, 3.8) is 0 Å². The number of tetrazole rings is 1. The summed E-state index contributed by atoms with van der Waals surface area (Å²) in [6.45, 7) is 0. The van der Waals surface area contributed by atoms with Crippen molar-refractivity contribution < 1.29 is 4.74 Å². The van der Waals surface area contributed by atoms with Gasteiger partial charge >= 0.3 is 0 Å². The summed E-state index contributed by atoms with van der Waals surface area (Å²) in [6.07, 6.45) is 0. The van der Waals surface area contributed by atoms with Crippen LogP contribution in [0.3, 0.4) is 0 Å². The number of aromatic nitrogens is 4. The summed E-state index contributed by atoms with van der Waals surface area (Å²) in [4.78, 5) is 1.38. The van der Waals surface area contributed by atoms with Crippen molar-refractivity contribution in [3.8, 4) is 17.1 Å². The van der Waals surface area contributed by atoms with Crippen molar-refractivity contribution in [2.24, 2.45) is 7.05 Å². The molecule has 1 aromatic heterocycles. The minimum Gasteiger partial charge on any atom is -0.497 e. The molecule has 2 aromatic rings. The van der Waals surface area contributed by atoms with E-state index in [0.717, 1.165) is 5.56 Å². The number of aryl methyl sites for hydroxylation is 1. The molecular formula is C9H9ClN4O. The number of hydrogen-bond donors (Lipinski definition) is 0. The van der Waals surface area contributed by atoms with Crippen LogP contribution in [0.1, 0.15) is 0 Å². The minimum atomic E-state index is 0.505. The summed E-state index contributed by atoms with van der Waals surface area (Å²) in [6, 6.07) is 5.32. The summed E-state index contributed by atoms with van der Waals surface area (Å²) < 4.78 is 5.04. The topological polar surface area (TPSA) is 52.8 Å². The van der Waals surface area contributed by atoms with Gasteiger partial charge in [0.1, 0.15) is 5.75 Å². The Morgan fingerprint density at radius 1 is 1.40 bits per heavy atom. The molecule has 78 valence electrons. The van der Waals surface area contributed by atoms with E-state index in [-0.39, 0.29) is 0 Å². The van der Waals surface area contributed by atoms with Crippen LogP contribution >= 0.6 is 11.6 Å². The average Bonchev–Trinajstić information content (AvgIpc) is 2.64. The zero-order valence-electron chi connectivity index (χ0n) is 8.31. The Morgan fingerprint density at radius 2 is 2.20 bits per heavy atom. The monoisotopic (exact) mass is 224 g/mol. The fourth-order valence-corrected chi connectivity index (χ4v) is 1.45. The predicted molar refractivity (Wildman–Crippen MR) is 55.8 cm³/mol. The van der Waals surface area contributed by atoms with Gasteiger partial charge in [-0.15, -0.1) is 10.2 Å². The molecule has 6 heteroatoms. The van der Waals surface area contributed by atoms with Gasteiger partial charge in [-0.1, -0.05) is 11.6 Å². The molecule has 0 radical (unpaired) electrons. The van der Waals surface area contributed by atoms with Gasteiger partial charge in [0.15, 0.2) is 0 Å². The Labute approximate surface area is 91.6 Å². The van der Waals surface area contributed by atoms with Gasteiger partial charge in [-0.25, -0.2) is 0 Å². The highest BCUT2D eigenvalue weighted by molar-refractivity contribution is 6.33. The lowest BCUT2D eigenvalue weighted by Crippen LogP contribution is -1.92. The van der Waals surface area contributed by atoms with Gasteiger partial charge in [0.25, 0.3) is 0 Å². The molecule has 0 saturated heterocycles. The SMILES string of the molecule is COc1ccc(-c2nnn(C)n2)c(Cl)c1. The molecule has 0 fully saturated rings. The largest absolute Gasteiger partial charge is 0.497 e. The van der Waals surface area contributed by atoms with Crippen LogP contribution in [-0.4, -0.2) is 27.3 Å².